The van der Waals surface area contributed by atoms with Gasteiger partial charge in [0.25, 0.3) is 5.91 Å². The number of amides is 2. The first kappa shape index (κ1) is 22.6. The number of hydrogen-bond donors (Lipinski definition) is 2. The van der Waals surface area contributed by atoms with E-state index in [2.05, 4.69) is 0 Å². The highest BCUT2D eigenvalue weighted by atomic mass is 19.4. The molecular formula is C22H26F3N3O4. The first-order valence-electron chi connectivity index (χ1n) is 10.9. The second kappa shape index (κ2) is 8.38. The number of piperidine rings is 1. The third-order valence-corrected chi connectivity index (χ3v) is 7.08. The molecule has 7 nitrogen and oxygen atoms in total. The van der Waals surface area contributed by atoms with Crippen LogP contribution in [0, 0.1) is 5.92 Å². The number of nitrogens with two attached hydrogens (primary N) is 1. The molecule has 2 bridgehead atoms. The van der Waals surface area contributed by atoms with Crippen molar-refractivity contribution in [3.63, 3.8) is 0 Å². The fourth-order valence-corrected chi connectivity index (χ4v) is 5.48. The molecule has 0 spiro atoms. The Morgan fingerprint density at radius 1 is 1.03 bits per heavy atom. The van der Waals surface area contributed by atoms with E-state index in [1.165, 1.54) is 17.0 Å². The van der Waals surface area contributed by atoms with Crippen LogP contribution in [-0.4, -0.2) is 63.4 Å². The molecule has 3 aliphatic rings. The summed E-state index contributed by atoms with van der Waals surface area (Å²) in [6.07, 6.45) is -0.898. The van der Waals surface area contributed by atoms with E-state index in [1.54, 1.807) is 4.90 Å². The average Bonchev–Trinajstić information content (AvgIpc) is 3.34. The molecule has 0 aliphatic carbocycles. The number of alkyl halides is 3. The summed E-state index contributed by atoms with van der Waals surface area (Å²) in [6.45, 7) is 0.377. The van der Waals surface area contributed by atoms with E-state index in [0.717, 1.165) is 25.0 Å². The third-order valence-electron chi connectivity index (χ3n) is 7.08. The van der Waals surface area contributed by atoms with Crippen molar-refractivity contribution in [2.45, 2.75) is 68.9 Å². The van der Waals surface area contributed by atoms with E-state index in [9.17, 15) is 32.7 Å². The average molecular weight is 453 g/mol. The number of rotatable bonds is 4. The lowest BCUT2D eigenvalue weighted by molar-refractivity contribution is -0.149. The molecule has 4 rings (SSSR count). The van der Waals surface area contributed by atoms with Gasteiger partial charge in [0, 0.05) is 24.2 Å². The number of carboxylic acids is 1. The van der Waals surface area contributed by atoms with Gasteiger partial charge in [-0.2, -0.15) is 13.2 Å². The Balaban J connectivity index is 1.44. The first-order valence-corrected chi connectivity index (χ1v) is 10.9. The van der Waals surface area contributed by atoms with Crippen molar-refractivity contribution in [1.82, 2.24) is 9.80 Å². The maximum absolute atomic E-state index is 13.0. The highest BCUT2D eigenvalue weighted by molar-refractivity contribution is 5.95. The normalized spacial score (nSPS) is 28.6. The molecule has 0 aromatic heterocycles. The number of hydrogen-bond acceptors (Lipinski definition) is 4. The number of carbonyl (C=O) groups excluding carboxylic acids is 2. The van der Waals surface area contributed by atoms with Crippen molar-refractivity contribution in [1.29, 1.82) is 0 Å². The molecule has 3 fully saturated rings. The van der Waals surface area contributed by atoms with Gasteiger partial charge < -0.3 is 20.6 Å². The maximum atomic E-state index is 13.0. The Morgan fingerprint density at radius 3 is 2.16 bits per heavy atom. The minimum absolute atomic E-state index is 0.138. The van der Waals surface area contributed by atoms with Crippen LogP contribution in [-0.2, 0) is 15.8 Å². The quantitative estimate of drug-likeness (QED) is 0.729. The molecule has 10 heteroatoms. The standard InChI is InChI=1S/C22H26F3N3O4/c23-22(24,25)14-5-3-12(4-6-14)19(29)28-15-7-8-16(28)11-13(10-15)18(26)20(30)27-9-1-2-17(27)21(31)32/h3-6,13,15-18H,1-2,7-11,26H2,(H,31,32)/t13?,15?,16?,17-,18-/m0/s1. The molecule has 0 saturated carbocycles. The van der Waals surface area contributed by atoms with Crippen molar-refractivity contribution in [3.8, 4) is 0 Å². The van der Waals surface area contributed by atoms with Gasteiger partial charge in [-0.25, -0.2) is 4.79 Å². The van der Waals surface area contributed by atoms with Gasteiger partial charge in [-0.15, -0.1) is 0 Å². The number of aliphatic carboxylic acids is 1. The van der Waals surface area contributed by atoms with Gasteiger partial charge in [0.05, 0.1) is 11.6 Å². The summed E-state index contributed by atoms with van der Waals surface area (Å²) in [5.74, 6) is -1.87. The lowest BCUT2D eigenvalue weighted by atomic mass is 9.84. The first-order chi connectivity index (χ1) is 15.1. The van der Waals surface area contributed by atoms with E-state index >= 15 is 0 Å². The lowest BCUT2D eigenvalue weighted by Crippen LogP contribution is -2.55. The molecule has 0 radical (unpaired) electrons. The fourth-order valence-electron chi connectivity index (χ4n) is 5.48. The summed E-state index contributed by atoms with van der Waals surface area (Å²) >= 11 is 0. The second-order valence-corrected chi connectivity index (χ2v) is 8.96. The number of likely N-dealkylation sites (tertiary alicyclic amines) is 1. The predicted molar refractivity (Wildman–Crippen MR) is 107 cm³/mol. The Morgan fingerprint density at radius 2 is 1.62 bits per heavy atom. The highest BCUT2D eigenvalue weighted by Gasteiger charge is 2.47. The van der Waals surface area contributed by atoms with Crippen LogP contribution >= 0.6 is 0 Å². The van der Waals surface area contributed by atoms with Crippen LogP contribution in [0.5, 0.6) is 0 Å². The number of nitrogens with zero attached hydrogens (tertiary/aromatic N) is 2. The zero-order chi connectivity index (χ0) is 23.2. The van der Waals surface area contributed by atoms with Crippen LogP contribution in [0.3, 0.4) is 0 Å². The molecule has 4 atom stereocenters. The molecule has 3 aliphatic heterocycles. The topological polar surface area (TPSA) is 104 Å². The van der Waals surface area contributed by atoms with Gasteiger partial charge in [-0.3, -0.25) is 9.59 Å². The van der Waals surface area contributed by atoms with Crippen molar-refractivity contribution in [3.05, 3.63) is 35.4 Å². The van der Waals surface area contributed by atoms with Crippen molar-refractivity contribution >= 4 is 17.8 Å². The van der Waals surface area contributed by atoms with Gasteiger partial charge in [-0.1, -0.05) is 0 Å². The summed E-state index contributed by atoms with van der Waals surface area (Å²) in [6, 6.07) is 2.27. The van der Waals surface area contributed by atoms with Gasteiger partial charge in [0.1, 0.15) is 6.04 Å². The van der Waals surface area contributed by atoms with Crippen LogP contribution in [0.2, 0.25) is 0 Å². The third kappa shape index (κ3) is 4.07. The summed E-state index contributed by atoms with van der Waals surface area (Å²) in [5, 5.41) is 9.34. The van der Waals surface area contributed by atoms with Crippen LogP contribution in [0.25, 0.3) is 0 Å². The van der Waals surface area contributed by atoms with E-state index < -0.39 is 29.8 Å². The summed E-state index contributed by atoms with van der Waals surface area (Å²) in [4.78, 5) is 40.4. The fraction of sp³-hybridized carbons (Fsp3) is 0.591. The molecule has 1 aromatic rings. The van der Waals surface area contributed by atoms with Crippen molar-refractivity contribution < 1.29 is 32.7 Å². The zero-order valence-corrected chi connectivity index (χ0v) is 17.4. The highest BCUT2D eigenvalue weighted by Crippen LogP contribution is 2.41. The molecular weight excluding hydrogens is 427 g/mol. The van der Waals surface area contributed by atoms with E-state index in [1.807, 2.05) is 0 Å². The van der Waals surface area contributed by atoms with Gasteiger partial charge in [-0.05, 0) is 68.7 Å². The summed E-state index contributed by atoms with van der Waals surface area (Å²) in [5.41, 5.74) is 5.68. The Labute approximate surface area is 183 Å². The minimum Gasteiger partial charge on any atom is -0.480 e. The largest absolute Gasteiger partial charge is 0.480 e. The van der Waals surface area contributed by atoms with Crippen molar-refractivity contribution in [2.75, 3.05) is 6.54 Å². The molecule has 3 N–H and O–H groups in total. The van der Waals surface area contributed by atoms with Gasteiger partial charge in [0.15, 0.2) is 0 Å². The van der Waals surface area contributed by atoms with E-state index in [0.29, 0.717) is 32.2 Å². The lowest BCUT2D eigenvalue weighted by Gasteiger charge is -2.41. The summed E-state index contributed by atoms with van der Waals surface area (Å²) < 4.78 is 38.4. The molecule has 174 valence electrons. The minimum atomic E-state index is -4.46. The molecule has 2 amide bonds. The van der Waals surface area contributed by atoms with E-state index in [-0.39, 0.29) is 35.4 Å². The molecule has 3 heterocycles. The van der Waals surface area contributed by atoms with Gasteiger partial charge >= 0.3 is 12.1 Å². The zero-order valence-electron chi connectivity index (χ0n) is 17.4. The second-order valence-electron chi connectivity index (χ2n) is 8.96. The van der Waals surface area contributed by atoms with Gasteiger partial charge in [0.2, 0.25) is 5.91 Å². The maximum Gasteiger partial charge on any atom is 0.416 e. The molecule has 2 unspecified atom stereocenters. The number of carboxylic acid groups (broad SMARTS) is 1. The van der Waals surface area contributed by atoms with Crippen LogP contribution in [0.1, 0.15) is 54.4 Å². The number of fused-ring (bicyclic) bond motifs is 2. The number of halogens is 3. The molecule has 3 saturated heterocycles. The van der Waals surface area contributed by atoms with Crippen LogP contribution < -0.4 is 5.73 Å². The van der Waals surface area contributed by atoms with Crippen LogP contribution in [0.15, 0.2) is 24.3 Å². The Bertz CT molecular complexity index is 891. The smallest absolute Gasteiger partial charge is 0.416 e. The molecule has 32 heavy (non-hydrogen) atoms. The van der Waals surface area contributed by atoms with Crippen molar-refractivity contribution in [2.24, 2.45) is 11.7 Å². The SMILES string of the molecule is N[C@H](C(=O)N1CCC[C@H]1C(=O)O)C1CC2CCC(C1)N2C(=O)c1ccc(C(F)(F)F)cc1. The summed E-state index contributed by atoms with van der Waals surface area (Å²) in [7, 11) is 0. The Hall–Kier alpha value is -2.62. The monoisotopic (exact) mass is 453 g/mol. The number of carbonyl (C=O) groups is 3. The van der Waals surface area contributed by atoms with Crippen LogP contribution in [0.4, 0.5) is 13.2 Å². The number of benzene rings is 1. The predicted octanol–water partition coefficient (Wildman–Crippen LogP) is 2.49. The Kier molecular flexibility index (Phi) is 5.91. The van der Waals surface area contributed by atoms with E-state index in [4.69, 9.17) is 5.73 Å². The molecule has 1 aromatic carbocycles.